The molecule has 0 amide bonds. The maximum Gasteiger partial charge on any atom is 0.108 e. The average molecular weight is 132 g/mol. The molecule has 1 aliphatic carbocycles. The molecular weight excluding hydrogens is 120 g/mol. The van der Waals surface area contributed by atoms with E-state index < -0.39 is 17.8 Å². The van der Waals surface area contributed by atoms with Crippen LogP contribution >= 0.6 is 0 Å². The quantitative estimate of drug-likeness (QED) is 0.406. The van der Waals surface area contributed by atoms with Gasteiger partial charge in [-0.05, 0) is 19.8 Å². The van der Waals surface area contributed by atoms with Crippen LogP contribution in [-0.4, -0.2) is 33.1 Å². The Kier molecular flexibility index (Phi) is 1.50. The predicted octanol–water partition coefficient (Wildman–Crippen LogP) is -0.747. The SMILES string of the molecule is C[C@]1(O)CC[C@@H](O)[C@@H]1O. The molecular formula is C6H12O3. The highest BCUT2D eigenvalue weighted by atomic mass is 16.4. The lowest BCUT2D eigenvalue weighted by molar-refractivity contribution is -0.0752. The van der Waals surface area contributed by atoms with Crippen molar-refractivity contribution in [3.8, 4) is 0 Å². The van der Waals surface area contributed by atoms with Crippen molar-refractivity contribution < 1.29 is 15.3 Å². The van der Waals surface area contributed by atoms with E-state index in [4.69, 9.17) is 10.2 Å². The number of rotatable bonds is 0. The molecule has 3 nitrogen and oxygen atoms in total. The normalized spacial score (nSPS) is 52.0. The first-order valence-corrected chi connectivity index (χ1v) is 3.12. The minimum atomic E-state index is -1.07. The van der Waals surface area contributed by atoms with Gasteiger partial charge in [-0.15, -0.1) is 0 Å². The van der Waals surface area contributed by atoms with E-state index in [1.807, 2.05) is 0 Å². The smallest absolute Gasteiger partial charge is 0.108 e. The van der Waals surface area contributed by atoms with Gasteiger partial charge in [0.05, 0.1) is 11.7 Å². The minimum absolute atomic E-state index is 0.481. The monoisotopic (exact) mass is 132 g/mol. The van der Waals surface area contributed by atoms with E-state index in [1.54, 1.807) is 0 Å². The van der Waals surface area contributed by atoms with Gasteiger partial charge in [0.15, 0.2) is 0 Å². The molecule has 0 radical (unpaired) electrons. The summed E-state index contributed by atoms with van der Waals surface area (Å²) in [5.74, 6) is 0. The van der Waals surface area contributed by atoms with Gasteiger partial charge in [0, 0.05) is 0 Å². The minimum Gasteiger partial charge on any atom is -0.390 e. The van der Waals surface area contributed by atoms with Crippen LogP contribution in [-0.2, 0) is 0 Å². The molecule has 1 fully saturated rings. The second kappa shape index (κ2) is 1.94. The van der Waals surface area contributed by atoms with Gasteiger partial charge in [-0.1, -0.05) is 0 Å². The van der Waals surface area contributed by atoms with Gasteiger partial charge in [0.2, 0.25) is 0 Å². The third-order valence-corrected chi connectivity index (χ3v) is 1.95. The van der Waals surface area contributed by atoms with Gasteiger partial charge in [-0.3, -0.25) is 0 Å². The molecule has 3 atom stereocenters. The van der Waals surface area contributed by atoms with Crippen molar-refractivity contribution in [2.75, 3.05) is 0 Å². The molecule has 0 aromatic carbocycles. The van der Waals surface area contributed by atoms with Gasteiger partial charge in [-0.25, -0.2) is 0 Å². The van der Waals surface area contributed by atoms with Gasteiger partial charge in [0.1, 0.15) is 6.10 Å². The fourth-order valence-electron chi connectivity index (χ4n) is 1.16. The van der Waals surface area contributed by atoms with E-state index in [2.05, 4.69) is 0 Å². The van der Waals surface area contributed by atoms with E-state index in [0.29, 0.717) is 12.8 Å². The van der Waals surface area contributed by atoms with Gasteiger partial charge >= 0.3 is 0 Å². The zero-order chi connectivity index (χ0) is 7.07. The molecule has 54 valence electrons. The highest BCUT2D eigenvalue weighted by Crippen LogP contribution is 2.29. The van der Waals surface area contributed by atoms with E-state index in [1.165, 1.54) is 6.92 Å². The molecule has 1 saturated carbocycles. The van der Waals surface area contributed by atoms with E-state index >= 15 is 0 Å². The Morgan fingerprint density at radius 2 is 2.00 bits per heavy atom. The van der Waals surface area contributed by atoms with Crippen LogP contribution in [0.25, 0.3) is 0 Å². The Labute approximate surface area is 53.9 Å². The summed E-state index contributed by atoms with van der Waals surface area (Å²) in [6.07, 6.45) is -0.721. The van der Waals surface area contributed by atoms with Gasteiger partial charge in [-0.2, -0.15) is 0 Å². The average Bonchev–Trinajstić information content (AvgIpc) is 1.97. The Balaban J connectivity index is 2.62. The molecule has 1 aliphatic rings. The molecule has 0 spiro atoms. The lowest BCUT2D eigenvalue weighted by Crippen LogP contribution is -2.38. The highest BCUT2D eigenvalue weighted by molar-refractivity contribution is 4.94. The molecule has 9 heavy (non-hydrogen) atoms. The molecule has 0 bridgehead atoms. The third kappa shape index (κ3) is 1.08. The summed E-state index contributed by atoms with van der Waals surface area (Å²) in [5, 5.41) is 27.2. The lowest BCUT2D eigenvalue weighted by atomic mass is 10.0. The molecule has 0 unspecified atom stereocenters. The van der Waals surface area contributed by atoms with Crippen molar-refractivity contribution in [3.63, 3.8) is 0 Å². The van der Waals surface area contributed by atoms with Crippen LogP contribution in [0.3, 0.4) is 0 Å². The molecule has 3 heteroatoms. The van der Waals surface area contributed by atoms with Crippen LogP contribution in [0.4, 0.5) is 0 Å². The van der Waals surface area contributed by atoms with Crippen molar-refractivity contribution in [1.29, 1.82) is 0 Å². The highest BCUT2D eigenvalue weighted by Gasteiger charge is 2.41. The largest absolute Gasteiger partial charge is 0.390 e. The number of aliphatic hydroxyl groups excluding tert-OH is 2. The van der Waals surface area contributed by atoms with Crippen molar-refractivity contribution in [1.82, 2.24) is 0 Å². The van der Waals surface area contributed by atoms with Crippen LogP contribution in [0.15, 0.2) is 0 Å². The first kappa shape index (κ1) is 6.99. The van der Waals surface area contributed by atoms with Crippen LogP contribution in [0.5, 0.6) is 0 Å². The topological polar surface area (TPSA) is 60.7 Å². The summed E-state index contributed by atoms with van der Waals surface area (Å²) in [4.78, 5) is 0. The molecule has 0 heterocycles. The standard InChI is InChI=1S/C6H12O3/c1-6(9)3-2-4(7)5(6)8/h4-5,7-9H,2-3H2,1H3/t4-,5+,6+/m1/s1. The maximum atomic E-state index is 9.22. The Hall–Kier alpha value is -0.120. The number of aliphatic hydroxyl groups is 3. The van der Waals surface area contributed by atoms with Crippen molar-refractivity contribution in [2.24, 2.45) is 0 Å². The fourth-order valence-corrected chi connectivity index (χ4v) is 1.16. The fraction of sp³-hybridized carbons (Fsp3) is 1.00. The van der Waals surface area contributed by atoms with Crippen molar-refractivity contribution in [3.05, 3.63) is 0 Å². The predicted molar refractivity (Wildman–Crippen MR) is 31.9 cm³/mol. The molecule has 1 rings (SSSR count). The summed E-state index contributed by atoms with van der Waals surface area (Å²) < 4.78 is 0. The first-order chi connectivity index (χ1) is 4.04. The van der Waals surface area contributed by atoms with Crippen molar-refractivity contribution >= 4 is 0 Å². The summed E-state index contributed by atoms with van der Waals surface area (Å²) >= 11 is 0. The van der Waals surface area contributed by atoms with Crippen molar-refractivity contribution in [2.45, 2.75) is 37.6 Å². The summed E-state index contributed by atoms with van der Waals surface area (Å²) in [6.45, 7) is 1.54. The first-order valence-electron chi connectivity index (χ1n) is 3.12. The molecule has 3 N–H and O–H groups in total. The summed E-state index contributed by atoms with van der Waals surface area (Å²) in [5.41, 5.74) is -1.07. The third-order valence-electron chi connectivity index (χ3n) is 1.95. The second-order valence-electron chi connectivity index (χ2n) is 2.91. The Morgan fingerprint density at radius 3 is 2.11 bits per heavy atom. The summed E-state index contributed by atoms with van der Waals surface area (Å²) in [6, 6.07) is 0. The number of hydrogen-bond donors (Lipinski definition) is 3. The molecule has 0 aromatic rings. The molecule has 0 aromatic heterocycles. The van der Waals surface area contributed by atoms with E-state index in [-0.39, 0.29) is 0 Å². The zero-order valence-corrected chi connectivity index (χ0v) is 5.41. The second-order valence-corrected chi connectivity index (χ2v) is 2.91. The van der Waals surface area contributed by atoms with Crippen LogP contribution in [0.2, 0.25) is 0 Å². The molecule has 0 saturated heterocycles. The van der Waals surface area contributed by atoms with Gasteiger partial charge < -0.3 is 15.3 Å². The van der Waals surface area contributed by atoms with Crippen LogP contribution < -0.4 is 0 Å². The van der Waals surface area contributed by atoms with Crippen LogP contribution in [0.1, 0.15) is 19.8 Å². The van der Waals surface area contributed by atoms with E-state index in [0.717, 1.165) is 0 Å². The lowest BCUT2D eigenvalue weighted by Gasteiger charge is -2.21. The maximum absolute atomic E-state index is 9.22. The van der Waals surface area contributed by atoms with Crippen LogP contribution in [0, 0.1) is 0 Å². The molecule has 0 aliphatic heterocycles. The van der Waals surface area contributed by atoms with Gasteiger partial charge in [0.25, 0.3) is 0 Å². The van der Waals surface area contributed by atoms with E-state index in [9.17, 15) is 5.11 Å². The summed E-state index contributed by atoms with van der Waals surface area (Å²) in [7, 11) is 0. The Morgan fingerprint density at radius 1 is 1.44 bits per heavy atom. The Bertz CT molecular complexity index is 111. The number of hydrogen-bond acceptors (Lipinski definition) is 3. The zero-order valence-electron chi connectivity index (χ0n) is 5.41.